The highest BCUT2D eigenvalue weighted by Crippen LogP contribution is 2.08. The standard InChI is InChI=1S/C13H20O/c1-12(14)8-4-2-5-9-13-10-6-3-7-11-13/h3,6-7,10-12,14H,2,4-5,8-9H2,1H3. The van der Waals surface area contributed by atoms with Crippen molar-refractivity contribution in [3.63, 3.8) is 0 Å². The van der Waals surface area contributed by atoms with Gasteiger partial charge in [-0.3, -0.25) is 0 Å². The van der Waals surface area contributed by atoms with Gasteiger partial charge in [0.15, 0.2) is 0 Å². The molecule has 0 aliphatic carbocycles. The van der Waals surface area contributed by atoms with Gasteiger partial charge < -0.3 is 5.11 Å². The molecule has 1 rings (SSSR count). The quantitative estimate of drug-likeness (QED) is 0.686. The van der Waals surface area contributed by atoms with Crippen molar-refractivity contribution in [2.75, 3.05) is 0 Å². The summed E-state index contributed by atoms with van der Waals surface area (Å²) in [4.78, 5) is 0. The topological polar surface area (TPSA) is 20.2 Å². The van der Waals surface area contributed by atoms with Gasteiger partial charge in [0.25, 0.3) is 0 Å². The van der Waals surface area contributed by atoms with Crippen LogP contribution in [-0.2, 0) is 6.42 Å². The summed E-state index contributed by atoms with van der Waals surface area (Å²) < 4.78 is 0. The van der Waals surface area contributed by atoms with Gasteiger partial charge in [-0.2, -0.15) is 0 Å². The van der Waals surface area contributed by atoms with Crippen LogP contribution in [0.1, 0.15) is 38.2 Å². The average Bonchev–Trinajstić information content (AvgIpc) is 2.18. The Morgan fingerprint density at radius 2 is 1.79 bits per heavy atom. The molecule has 0 radical (unpaired) electrons. The molecule has 0 saturated heterocycles. The van der Waals surface area contributed by atoms with Crippen molar-refractivity contribution in [3.8, 4) is 0 Å². The van der Waals surface area contributed by atoms with Crippen LogP contribution in [0.25, 0.3) is 0 Å². The van der Waals surface area contributed by atoms with E-state index in [1.54, 1.807) is 0 Å². The second-order valence-corrected chi connectivity index (χ2v) is 3.93. The molecule has 14 heavy (non-hydrogen) atoms. The summed E-state index contributed by atoms with van der Waals surface area (Å²) in [7, 11) is 0. The summed E-state index contributed by atoms with van der Waals surface area (Å²) in [6.07, 6.45) is 5.57. The number of aryl methyl sites for hydroxylation is 1. The van der Waals surface area contributed by atoms with Crippen LogP contribution in [0.2, 0.25) is 0 Å². The molecule has 1 aromatic rings. The zero-order valence-electron chi connectivity index (χ0n) is 8.95. The van der Waals surface area contributed by atoms with Gasteiger partial charge in [0.05, 0.1) is 6.10 Å². The molecule has 0 aromatic heterocycles. The summed E-state index contributed by atoms with van der Waals surface area (Å²) in [5.41, 5.74) is 1.42. The second kappa shape index (κ2) is 6.61. The maximum Gasteiger partial charge on any atom is 0.0512 e. The molecule has 1 unspecified atom stereocenters. The smallest absolute Gasteiger partial charge is 0.0512 e. The third kappa shape index (κ3) is 5.03. The lowest BCUT2D eigenvalue weighted by molar-refractivity contribution is 0.180. The third-order valence-corrected chi connectivity index (χ3v) is 2.43. The van der Waals surface area contributed by atoms with E-state index in [0.717, 1.165) is 12.8 Å². The molecule has 1 heteroatoms. The molecule has 1 aromatic carbocycles. The summed E-state index contributed by atoms with van der Waals surface area (Å²) in [6.45, 7) is 1.86. The predicted octanol–water partition coefficient (Wildman–Crippen LogP) is 3.17. The first-order valence-electron chi connectivity index (χ1n) is 5.51. The van der Waals surface area contributed by atoms with E-state index in [2.05, 4.69) is 30.3 Å². The summed E-state index contributed by atoms with van der Waals surface area (Å²) >= 11 is 0. The molecule has 0 heterocycles. The van der Waals surface area contributed by atoms with Gasteiger partial charge in [-0.05, 0) is 31.7 Å². The first-order chi connectivity index (χ1) is 6.79. The number of unbranched alkanes of at least 4 members (excludes halogenated alkanes) is 2. The van der Waals surface area contributed by atoms with E-state index in [0.29, 0.717) is 0 Å². The van der Waals surface area contributed by atoms with Crippen molar-refractivity contribution in [2.45, 2.75) is 45.1 Å². The van der Waals surface area contributed by atoms with Crippen LogP contribution in [0, 0.1) is 0 Å². The van der Waals surface area contributed by atoms with Crippen molar-refractivity contribution in [1.29, 1.82) is 0 Å². The van der Waals surface area contributed by atoms with Crippen LogP contribution in [0.5, 0.6) is 0 Å². The third-order valence-electron chi connectivity index (χ3n) is 2.43. The van der Waals surface area contributed by atoms with Gasteiger partial charge in [0, 0.05) is 0 Å². The number of benzene rings is 1. The Kier molecular flexibility index (Phi) is 5.31. The molecule has 0 aliphatic heterocycles. The molecule has 1 nitrogen and oxygen atoms in total. The number of hydrogen-bond donors (Lipinski definition) is 1. The summed E-state index contributed by atoms with van der Waals surface area (Å²) in [5, 5.41) is 9.07. The fourth-order valence-corrected chi connectivity index (χ4v) is 1.59. The number of aliphatic hydroxyl groups excluding tert-OH is 1. The van der Waals surface area contributed by atoms with Gasteiger partial charge in [0.1, 0.15) is 0 Å². The normalized spacial score (nSPS) is 12.7. The Bertz CT molecular complexity index is 228. The molecular formula is C13H20O. The highest BCUT2D eigenvalue weighted by atomic mass is 16.3. The Labute approximate surface area is 86.8 Å². The number of rotatable bonds is 6. The van der Waals surface area contributed by atoms with E-state index in [-0.39, 0.29) is 6.10 Å². The van der Waals surface area contributed by atoms with Gasteiger partial charge in [-0.1, -0.05) is 43.2 Å². The second-order valence-electron chi connectivity index (χ2n) is 3.93. The first-order valence-corrected chi connectivity index (χ1v) is 5.51. The maximum atomic E-state index is 9.07. The van der Waals surface area contributed by atoms with Crippen molar-refractivity contribution >= 4 is 0 Å². The van der Waals surface area contributed by atoms with E-state index in [1.807, 2.05) is 6.92 Å². The van der Waals surface area contributed by atoms with Crippen LogP contribution in [0.3, 0.4) is 0 Å². The highest BCUT2D eigenvalue weighted by Gasteiger charge is 1.96. The highest BCUT2D eigenvalue weighted by molar-refractivity contribution is 5.14. The van der Waals surface area contributed by atoms with Crippen LogP contribution in [-0.4, -0.2) is 11.2 Å². The van der Waals surface area contributed by atoms with Gasteiger partial charge in [-0.15, -0.1) is 0 Å². The Hall–Kier alpha value is -0.820. The Morgan fingerprint density at radius 3 is 2.43 bits per heavy atom. The molecule has 0 amide bonds. The van der Waals surface area contributed by atoms with E-state index < -0.39 is 0 Å². The molecule has 0 bridgehead atoms. The lowest BCUT2D eigenvalue weighted by Gasteiger charge is -2.03. The minimum Gasteiger partial charge on any atom is -0.393 e. The molecule has 0 spiro atoms. The molecule has 1 N–H and O–H groups in total. The maximum absolute atomic E-state index is 9.07. The van der Waals surface area contributed by atoms with E-state index in [4.69, 9.17) is 5.11 Å². The van der Waals surface area contributed by atoms with Crippen LogP contribution in [0.4, 0.5) is 0 Å². The lowest BCUT2D eigenvalue weighted by Crippen LogP contribution is -1.98. The number of aliphatic hydroxyl groups is 1. The minimum absolute atomic E-state index is 0.133. The van der Waals surface area contributed by atoms with Crippen LogP contribution < -0.4 is 0 Å². The molecular weight excluding hydrogens is 172 g/mol. The Balaban J connectivity index is 2.05. The first kappa shape index (κ1) is 11.3. The molecule has 78 valence electrons. The van der Waals surface area contributed by atoms with Crippen LogP contribution in [0.15, 0.2) is 30.3 Å². The van der Waals surface area contributed by atoms with Crippen molar-refractivity contribution < 1.29 is 5.11 Å². The van der Waals surface area contributed by atoms with Gasteiger partial charge in [-0.25, -0.2) is 0 Å². The largest absolute Gasteiger partial charge is 0.393 e. The lowest BCUT2D eigenvalue weighted by atomic mass is 10.1. The molecule has 0 saturated carbocycles. The van der Waals surface area contributed by atoms with Gasteiger partial charge in [0.2, 0.25) is 0 Å². The summed E-state index contributed by atoms with van der Waals surface area (Å²) in [5.74, 6) is 0. The van der Waals surface area contributed by atoms with Gasteiger partial charge >= 0.3 is 0 Å². The molecule has 1 atom stereocenters. The zero-order valence-corrected chi connectivity index (χ0v) is 8.95. The zero-order chi connectivity index (χ0) is 10.2. The van der Waals surface area contributed by atoms with E-state index >= 15 is 0 Å². The van der Waals surface area contributed by atoms with Crippen LogP contribution >= 0.6 is 0 Å². The predicted molar refractivity (Wildman–Crippen MR) is 60.3 cm³/mol. The number of hydrogen-bond acceptors (Lipinski definition) is 1. The fraction of sp³-hybridized carbons (Fsp3) is 0.538. The van der Waals surface area contributed by atoms with Crippen molar-refractivity contribution in [2.24, 2.45) is 0 Å². The van der Waals surface area contributed by atoms with E-state index in [9.17, 15) is 0 Å². The SMILES string of the molecule is CC(O)CCCCCc1ccccc1. The van der Waals surface area contributed by atoms with Crippen molar-refractivity contribution in [3.05, 3.63) is 35.9 Å². The van der Waals surface area contributed by atoms with E-state index in [1.165, 1.54) is 24.8 Å². The fourth-order valence-electron chi connectivity index (χ4n) is 1.59. The average molecular weight is 192 g/mol. The van der Waals surface area contributed by atoms with Crippen molar-refractivity contribution in [1.82, 2.24) is 0 Å². The molecule has 0 fully saturated rings. The molecule has 0 aliphatic rings. The minimum atomic E-state index is -0.133. The summed E-state index contributed by atoms with van der Waals surface area (Å²) in [6, 6.07) is 10.6. The Morgan fingerprint density at radius 1 is 1.07 bits per heavy atom. The monoisotopic (exact) mass is 192 g/mol.